The normalized spacial score (nSPS) is 42.5. The van der Waals surface area contributed by atoms with Gasteiger partial charge in [-0.05, 0) is 55.4 Å². The van der Waals surface area contributed by atoms with Gasteiger partial charge in [-0.15, -0.1) is 0 Å². The van der Waals surface area contributed by atoms with Crippen LogP contribution in [0.15, 0.2) is 23.8 Å². The van der Waals surface area contributed by atoms with Gasteiger partial charge in [-0.3, -0.25) is 0 Å². The van der Waals surface area contributed by atoms with E-state index in [4.69, 9.17) is 0 Å². The Morgan fingerprint density at radius 3 is 3.15 bits per heavy atom. The van der Waals surface area contributed by atoms with Crippen molar-refractivity contribution in [3.05, 3.63) is 23.8 Å². The molecule has 0 aliphatic heterocycles. The van der Waals surface area contributed by atoms with E-state index in [2.05, 4.69) is 18.2 Å². The second-order valence-electron chi connectivity index (χ2n) is 4.88. The Morgan fingerprint density at radius 1 is 1.15 bits per heavy atom. The number of fused-ring (bicyclic) bond motifs is 3. The summed E-state index contributed by atoms with van der Waals surface area (Å²) in [6.07, 6.45) is 15.9. The Morgan fingerprint density at radius 2 is 2.15 bits per heavy atom. The van der Waals surface area contributed by atoms with E-state index in [1.165, 1.54) is 38.5 Å². The Bertz CT molecular complexity index is 259. The molecule has 3 unspecified atom stereocenters. The molecule has 0 N–H and O–H groups in total. The summed E-state index contributed by atoms with van der Waals surface area (Å²) in [7, 11) is 0. The zero-order valence-electron chi connectivity index (χ0n) is 8.21. The molecule has 13 heavy (non-hydrogen) atoms. The van der Waals surface area contributed by atoms with Crippen LogP contribution in [0.4, 0.5) is 0 Å². The van der Waals surface area contributed by atoms with E-state index in [-0.39, 0.29) is 0 Å². The minimum atomic E-state index is 0.950. The second kappa shape index (κ2) is 3.01. The lowest BCUT2D eigenvalue weighted by atomic mass is 9.70. The SMILES string of the molecule is C1=CC2=CCC3CCCC3C2CC1. The van der Waals surface area contributed by atoms with Crippen molar-refractivity contribution in [3.63, 3.8) is 0 Å². The molecule has 0 aromatic carbocycles. The molecule has 0 heterocycles. The van der Waals surface area contributed by atoms with Crippen LogP contribution in [0.2, 0.25) is 0 Å². The van der Waals surface area contributed by atoms with Gasteiger partial charge in [0, 0.05) is 0 Å². The van der Waals surface area contributed by atoms with Crippen LogP contribution in [0.3, 0.4) is 0 Å². The lowest BCUT2D eigenvalue weighted by Gasteiger charge is -2.35. The van der Waals surface area contributed by atoms with Gasteiger partial charge in [0.1, 0.15) is 0 Å². The molecule has 70 valence electrons. The van der Waals surface area contributed by atoms with Gasteiger partial charge in [0.2, 0.25) is 0 Å². The fourth-order valence-corrected chi connectivity index (χ4v) is 3.64. The summed E-state index contributed by atoms with van der Waals surface area (Å²) < 4.78 is 0. The molecule has 0 nitrogen and oxygen atoms in total. The molecule has 1 saturated carbocycles. The highest BCUT2D eigenvalue weighted by molar-refractivity contribution is 5.28. The standard InChI is InChI=1S/C13H18/c1-2-6-12-10(4-1)8-9-11-5-3-7-13(11)12/h1,4,8,11-13H,2-3,5-7,9H2. The van der Waals surface area contributed by atoms with Crippen molar-refractivity contribution >= 4 is 0 Å². The van der Waals surface area contributed by atoms with Crippen molar-refractivity contribution in [2.45, 2.75) is 38.5 Å². The molecule has 1 fully saturated rings. The summed E-state index contributed by atoms with van der Waals surface area (Å²) in [4.78, 5) is 0. The summed E-state index contributed by atoms with van der Waals surface area (Å²) in [5.74, 6) is 3.07. The van der Waals surface area contributed by atoms with E-state index in [1.54, 1.807) is 5.57 Å². The summed E-state index contributed by atoms with van der Waals surface area (Å²) in [5.41, 5.74) is 1.68. The molecular weight excluding hydrogens is 156 g/mol. The van der Waals surface area contributed by atoms with Crippen molar-refractivity contribution in [2.75, 3.05) is 0 Å². The first kappa shape index (κ1) is 7.84. The van der Waals surface area contributed by atoms with Crippen LogP contribution in [-0.4, -0.2) is 0 Å². The van der Waals surface area contributed by atoms with E-state index >= 15 is 0 Å². The van der Waals surface area contributed by atoms with Gasteiger partial charge in [-0.25, -0.2) is 0 Å². The Balaban J connectivity index is 1.92. The second-order valence-corrected chi connectivity index (χ2v) is 4.88. The van der Waals surface area contributed by atoms with Gasteiger partial charge in [0.15, 0.2) is 0 Å². The Hall–Kier alpha value is -0.520. The highest BCUT2D eigenvalue weighted by Gasteiger charge is 2.37. The summed E-state index contributed by atoms with van der Waals surface area (Å²) in [5, 5.41) is 0. The summed E-state index contributed by atoms with van der Waals surface area (Å²) in [6.45, 7) is 0. The predicted octanol–water partition coefficient (Wildman–Crippen LogP) is 3.70. The largest absolute Gasteiger partial charge is 0.0842 e. The van der Waals surface area contributed by atoms with Crippen LogP contribution in [-0.2, 0) is 0 Å². The molecule has 0 aromatic heterocycles. The van der Waals surface area contributed by atoms with Gasteiger partial charge in [0.05, 0.1) is 0 Å². The third-order valence-electron chi connectivity index (χ3n) is 4.27. The number of hydrogen-bond acceptors (Lipinski definition) is 0. The zero-order chi connectivity index (χ0) is 8.67. The van der Waals surface area contributed by atoms with Crippen molar-refractivity contribution < 1.29 is 0 Å². The van der Waals surface area contributed by atoms with E-state index in [0.29, 0.717) is 0 Å². The average molecular weight is 174 g/mol. The van der Waals surface area contributed by atoms with Crippen molar-refractivity contribution in [1.82, 2.24) is 0 Å². The monoisotopic (exact) mass is 174 g/mol. The number of rotatable bonds is 0. The van der Waals surface area contributed by atoms with Gasteiger partial charge in [0.25, 0.3) is 0 Å². The molecule has 3 atom stereocenters. The first-order valence-electron chi connectivity index (χ1n) is 5.82. The quantitative estimate of drug-likeness (QED) is 0.525. The van der Waals surface area contributed by atoms with Crippen LogP contribution in [0.5, 0.6) is 0 Å². The third-order valence-corrected chi connectivity index (χ3v) is 4.27. The molecule has 3 aliphatic carbocycles. The minimum Gasteiger partial charge on any atom is -0.0842 e. The van der Waals surface area contributed by atoms with Gasteiger partial charge >= 0.3 is 0 Å². The third kappa shape index (κ3) is 1.19. The molecular formula is C13H18. The lowest BCUT2D eigenvalue weighted by Crippen LogP contribution is -2.25. The van der Waals surface area contributed by atoms with E-state index in [9.17, 15) is 0 Å². The van der Waals surface area contributed by atoms with Crippen LogP contribution in [0.25, 0.3) is 0 Å². The molecule has 0 saturated heterocycles. The van der Waals surface area contributed by atoms with Crippen LogP contribution in [0.1, 0.15) is 38.5 Å². The number of allylic oxidation sites excluding steroid dienone is 4. The van der Waals surface area contributed by atoms with Gasteiger partial charge in [-0.2, -0.15) is 0 Å². The molecule has 3 rings (SSSR count). The highest BCUT2D eigenvalue weighted by atomic mass is 14.4. The highest BCUT2D eigenvalue weighted by Crippen LogP contribution is 2.48. The zero-order valence-corrected chi connectivity index (χ0v) is 8.21. The van der Waals surface area contributed by atoms with E-state index in [0.717, 1.165) is 17.8 Å². The molecule has 0 radical (unpaired) electrons. The van der Waals surface area contributed by atoms with Crippen LogP contribution < -0.4 is 0 Å². The molecule has 0 spiro atoms. The molecule has 0 amide bonds. The van der Waals surface area contributed by atoms with Crippen LogP contribution in [0, 0.1) is 17.8 Å². The first-order chi connectivity index (χ1) is 6.45. The molecule has 0 bridgehead atoms. The molecule has 0 heteroatoms. The lowest BCUT2D eigenvalue weighted by molar-refractivity contribution is 0.264. The van der Waals surface area contributed by atoms with Crippen molar-refractivity contribution in [3.8, 4) is 0 Å². The van der Waals surface area contributed by atoms with Crippen LogP contribution >= 0.6 is 0 Å². The van der Waals surface area contributed by atoms with Crippen molar-refractivity contribution in [2.24, 2.45) is 17.8 Å². The van der Waals surface area contributed by atoms with Gasteiger partial charge < -0.3 is 0 Å². The fraction of sp³-hybridized carbons (Fsp3) is 0.692. The van der Waals surface area contributed by atoms with E-state index < -0.39 is 0 Å². The summed E-state index contributed by atoms with van der Waals surface area (Å²) >= 11 is 0. The Kier molecular flexibility index (Phi) is 1.81. The Labute approximate surface area is 80.7 Å². The molecule has 0 aromatic rings. The average Bonchev–Trinajstić information content (AvgIpc) is 2.65. The molecule has 3 aliphatic rings. The first-order valence-corrected chi connectivity index (χ1v) is 5.82. The topological polar surface area (TPSA) is 0 Å². The maximum Gasteiger partial charge on any atom is -0.0131 e. The summed E-state index contributed by atoms with van der Waals surface area (Å²) in [6, 6.07) is 0. The minimum absolute atomic E-state index is 0.950. The van der Waals surface area contributed by atoms with E-state index in [1.807, 2.05) is 0 Å². The number of hydrogen-bond donors (Lipinski definition) is 0. The van der Waals surface area contributed by atoms with Crippen molar-refractivity contribution in [1.29, 1.82) is 0 Å². The smallest absolute Gasteiger partial charge is 0.0131 e. The predicted molar refractivity (Wildman–Crippen MR) is 55.4 cm³/mol. The van der Waals surface area contributed by atoms with Gasteiger partial charge in [-0.1, -0.05) is 24.6 Å². The maximum atomic E-state index is 2.52. The fourth-order valence-electron chi connectivity index (χ4n) is 3.64. The maximum absolute atomic E-state index is 2.52.